The lowest BCUT2D eigenvalue weighted by atomic mass is 10.0. The molecule has 0 atom stereocenters. The van der Waals surface area contributed by atoms with Crippen LogP contribution in [-0.4, -0.2) is 25.5 Å². The molecule has 5 heteroatoms. The van der Waals surface area contributed by atoms with Crippen molar-refractivity contribution in [1.82, 2.24) is 10.6 Å². The highest BCUT2D eigenvalue weighted by Crippen LogP contribution is 2.22. The summed E-state index contributed by atoms with van der Waals surface area (Å²) in [4.78, 5) is 23.8. The van der Waals surface area contributed by atoms with Gasteiger partial charge < -0.3 is 15.4 Å². The van der Waals surface area contributed by atoms with Crippen LogP contribution in [0.2, 0.25) is 0 Å². The Morgan fingerprint density at radius 1 is 1.00 bits per heavy atom. The lowest BCUT2D eigenvalue weighted by Gasteiger charge is -2.12. The molecule has 0 aliphatic heterocycles. The van der Waals surface area contributed by atoms with Crippen molar-refractivity contribution >= 4 is 11.8 Å². The smallest absolute Gasteiger partial charge is 0.251 e. The zero-order valence-electron chi connectivity index (χ0n) is 14.2. The molecule has 0 aromatic heterocycles. The molecule has 2 N–H and O–H groups in total. The number of ether oxygens (including phenoxy) is 1. The Morgan fingerprint density at radius 3 is 2.38 bits per heavy atom. The van der Waals surface area contributed by atoms with Gasteiger partial charge in [-0.25, -0.2) is 0 Å². The topological polar surface area (TPSA) is 67.4 Å². The fourth-order valence-electron chi connectivity index (χ4n) is 2.37. The van der Waals surface area contributed by atoms with Crippen LogP contribution in [0.3, 0.4) is 0 Å². The summed E-state index contributed by atoms with van der Waals surface area (Å²) in [6.07, 6.45) is 0. The average Bonchev–Trinajstić information content (AvgIpc) is 2.60. The van der Waals surface area contributed by atoms with Crippen LogP contribution in [-0.2, 0) is 11.3 Å². The number of carbonyl (C=O) groups excluding carboxylic acids is 2. The molecule has 0 unspecified atom stereocenters. The Bertz CT molecular complexity index is 727. The molecule has 126 valence electrons. The number of aryl methyl sites for hydroxylation is 2. The monoisotopic (exact) mass is 326 g/mol. The first-order valence-corrected chi connectivity index (χ1v) is 7.75. The van der Waals surface area contributed by atoms with Crippen LogP contribution in [0.4, 0.5) is 0 Å². The van der Waals surface area contributed by atoms with Crippen molar-refractivity contribution in [2.24, 2.45) is 0 Å². The van der Waals surface area contributed by atoms with Gasteiger partial charge in [-0.2, -0.15) is 0 Å². The van der Waals surface area contributed by atoms with E-state index in [0.717, 1.165) is 22.4 Å². The van der Waals surface area contributed by atoms with E-state index >= 15 is 0 Å². The van der Waals surface area contributed by atoms with Gasteiger partial charge in [-0.3, -0.25) is 9.59 Å². The third kappa shape index (κ3) is 4.59. The molecule has 2 rings (SSSR count). The molecule has 2 aromatic carbocycles. The number of amides is 2. The van der Waals surface area contributed by atoms with Gasteiger partial charge in [-0.1, -0.05) is 24.3 Å². The van der Waals surface area contributed by atoms with Gasteiger partial charge in [0.05, 0.1) is 13.7 Å². The molecular formula is C19H22N2O3. The number of carbonyl (C=O) groups is 2. The number of hydrogen-bond acceptors (Lipinski definition) is 3. The minimum absolute atomic E-state index is 0.0537. The third-order valence-electron chi connectivity index (χ3n) is 3.77. The van der Waals surface area contributed by atoms with Gasteiger partial charge >= 0.3 is 0 Å². The summed E-state index contributed by atoms with van der Waals surface area (Å²) < 4.78 is 5.28. The van der Waals surface area contributed by atoms with Crippen molar-refractivity contribution in [1.29, 1.82) is 0 Å². The Kier molecular flexibility index (Phi) is 5.95. The lowest BCUT2D eigenvalue weighted by molar-refractivity contribution is -0.120. The summed E-state index contributed by atoms with van der Waals surface area (Å²) in [7, 11) is 1.64. The molecule has 0 saturated heterocycles. The molecule has 24 heavy (non-hydrogen) atoms. The molecule has 0 fully saturated rings. The normalized spacial score (nSPS) is 10.1. The zero-order chi connectivity index (χ0) is 17.5. The van der Waals surface area contributed by atoms with E-state index in [1.54, 1.807) is 31.4 Å². The highest BCUT2D eigenvalue weighted by molar-refractivity contribution is 5.96. The molecule has 0 aliphatic carbocycles. The molecule has 2 amide bonds. The number of benzene rings is 2. The fourth-order valence-corrected chi connectivity index (χ4v) is 2.37. The van der Waals surface area contributed by atoms with Crippen LogP contribution in [0.5, 0.6) is 5.75 Å². The predicted octanol–water partition coefficient (Wildman–Crippen LogP) is 2.36. The number of hydrogen-bond donors (Lipinski definition) is 2. The van der Waals surface area contributed by atoms with E-state index in [9.17, 15) is 9.59 Å². The summed E-state index contributed by atoms with van der Waals surface area (Å²) in [6.45, 7) is 4.29. The van der Waals surface area contributed by atoms with E-state index in [4.69, 9.17) is 4.74 Å². The van der Waals surface area contributed by atoms with Crippen molar-refractivity contribution in [3.05, 3.63) is 64.7 Å². The van der Waals surface area contributed by atoms with Crippen LogP contribution >= 0.6 is 0 Å². The second-order valence-corrected chi connectivity index (χ2v) is 5.57. The van der Waals surface area contributed by atoms with Crippen LogP contribution in [0.15, 0.2) is 42.5 Å². The van der Waals surface area contributed by atoms with Gasteiger partial charge in [0.15, 0.2) is 0 Å². The molecule has 2 aromatic rings. The molecule has 0 spiro atoms. The van der Waals surface area contributed by atoms with Crippen LogP contribution < -0.4 is 15.4 Å². The van der Waals surface area contributed by atoms with Gasteiger partial charge in [0.25, 0.3) is 5.91 Å². The van der Waals surface area contributed by atoms with Crippen LogP contribution in [0.25, 0.3) is 0 Å². The minimum Gasteiger partial charge on any atom is -0.496 e. The molecule has 5 nitrogen and oxygen atoms in total. The zero-order valence-corrected chi connectivity index (χ0v) is 14.2. The number of methoxy groups -OCH3 is 1. The van der Waals surface area contributed by atoms with E-state index in [1.807, 2.05) is 32.0 Å². The van der Waals surface area contributed by atoms with Gasteiger partial charge in [-0.05, 0) is 48.7 Å². The number of nitrogens with one attached hydrogen (secondary N) is 2. The second-order valence-electron chi connectivity index (χ2n) is 5.57. The summed E-state index contributed by atoms with van der Waals surface area (Å²) in [6, 6.07) is 12.8. The first kappa shape index (κ1) is 17.5. The Hall–Kier alpha value is -2.82. The van der Waals surface area contributed by atoms with E-state index in [1.165, 1.54) is 0 Å². The van der Waals surface area contributed by atoms with Crippen molar-refractivity contribution in [3.8, 4) is 5.75 Å². The first-order chi connectivity index (χ1) is 11.5. The van der Waals surface area contributed by atoms with Crippen molar-refractivity contribution in [2.45, 2.75) is 20.4 Å². The van der Waals surface area contributed by atoms with E-state index in [2.05, 4.69) is 10.6 Å². The van der Waals surface area contributed by atoms with Gasteiger partial charge in [0.1, 0.15) is 5.75 Å². The maximum atomic E-state index is 11.9. The standard InChI is InChI=1S/C19H22N2O3/c1-13-10-17(24-3)14(2)9-16(13)11-20-18(22)12-21-19(23)15-7-5-4-6-8-15/h4-10H,11-12H2,1-3H3,(H,20,22)(H,21,23). The molecule has 0 saturated carbocycles. The lowest BCUT2D eigenvalue weighted by Crippen LogP contribution is -2.36. The summed E-state index contributed by atoms with van der Waals surface area (Å²) in [5.74, 6) is 0.340. The van der Waals surface area contributed by atoms with Gasteiger partial charge in [-0.15, -0.1) is 0 Å². The average molecular weight is 326 g/mol. The van der Waals surface area contributed by atoms with E-state index in [0.29, 0.717) is 12.1 Å². The first-order valence-electron chi connectivity index (χ1n) is 7.75. The van der Waals surface area contributed by atoms with Crippen molar-refractivity contribution in [2.75, 3.05) is 13.7 Å². The second kappa shape index (κ2) is 8.15. The molecular weight excluding hydrogens is 304 g/mol. The quantitative estimate of drug-likeness (QED) is 0.856. The molecule has 0 bridgehead atoms. The highest BCUT2D eigenvalue weighted by atomic mass is 16.5. The number of rotatable bonds is 6. The van der Waals surface area contributed by atoms with E-state index < -0.39 is 0 Å². The fraction of sp³-hybridized carbons (Fsp3) is 0.263. The van der Waals surface area contributed by atoms with Crippen LogP contribution in [0.1, 0.15) is 27.0 Å². The van der Waals surface area contributed by atoms with E-state index in [-0.39, 0.29) is 18.4 Å². The highest BCUT2D eigenvalue weighted by Gasteiger charge is 2.09. The molecule has 0 aliphatic rings. The van der Waals surface area contributed by atoms with Gasteiger partial charge in [0.2, 0.25) is 5.91 Å². The van der Waals surface area contributed by atoms with Crippen molar-refractivity contribution < 1.29 is 14.3 Å². The third-order valence-corrected chi connectivity index (χ3v) is 3.77. The maximum Gasteiger partial charge on any atom is 0.251 e. The predicted molar refractivity (Wildman–Crippen MR) is 93.1 cm³/mol. The van der Waals surface area contributed by atoms with Gasteiger partial charge in [0, 0.05) is 12.1 Å². The Labute approximate surface area is 142 Å². The Morgan fingerprint density at radius 2 is 1.71 bits per heavy atom. The summed E-state index contributed by atoms with van der Waals surface area (Å²) in [5.41, 5.74) is 3.62. The SMILES string of the molecule is COc1cc(C)c(CNC(=O)CNC(=O)c2ccccc2)cc1C. The van der Waals surface area contributed by atoms with Crippen molar-refractivity contribution in [3.63, 3.8) is 0 Å². The minimum atomic E-state index is -0.262. The summed E-state index contributed by atoms with van der Waals surface area (Å²) in [5, 5.41) is 5.43. The Balaban J connectivity index is 1.85. The van der Waals surface area contributed by atoms with Crippen LogP contribution in [0, 0.1) is 13.8 Å². The maximum absolute atomic E-state index is 11.9. The molecule has 0 radical (unpaired) electrons. The summed E-state index contributed by atoms with van der Waals surface area (Å²) >= 11 is 0. The largest absolute Gasteiger partial charge is 0.496 e. The molecule has 0 heterocycles.